The van der Waals surface area contributed by atoms with Crippen LogP contribution >= 0.6 is 11.6 Å². The first-order valence-electron chi connectivity index (χ1n) is 9.53. The van der Waals surface area contributed by atoms with E-state index in [1.807, 2.05) is 19.1 Å². The van der Waals surface area contributed by atoms with Crippen LogP contribution in [0.5, 0.6) is 11.5 Å². The average molecular weight is 419 g/mol. The fourth-order valence-electron chi connectivity index (χ4n) is 2.66. The topological polar surface area (TPSA) is 67.9 Å². The minimum Gasteiger partial charge on any atom is -0.497 e. The minimum absolute atomic E-state index is 0.175. The van der Waals surface area contributed by atoms with Crippen LogP contribution in [0.2, 0.25) is 5.02 Å². The van der Waals surface area contributed by atoms with Gasteiger partial charge in [0.1, 0.15) is 17.5 Å². The third kappa shape index (κ3) is 6.98. The predicted octanol–water partition coefficient (Wildman–Crippen LogP) is 3.67. The van der Waals surface area contributed by atoms with Crippen LogP contribution < -0.4 is 14.8 Å². The lowest BCUT2D eigenvalue weighted by atomic mass is 10.1. The maximum absolute atomic E-state index is 12.9. The predicted molar refractivity (Wildman–Crippen MR) is 113 cm³/mol. The van der Waals surface area contributed by atoms with Gasteiger partial charge in [0.25, 0.3) is 5.91 Å². The van der Waals surface area contributed by atoms with Gasteiger partial charge < -0.3 is 19.7 Å². The third-order valence-electron chi connectivity index (χ3n) is 4.40. The Hall–Kier alpha value is -2.73. The standard InChI is InChI=1S/C22H27ClN2O4/c1-4-13-24-22(27)16(2)25(14-17-5-7-18(23)8-6-17)21(26)15-29-20-11-9-19(28-3)10-12-20/h5-12,16H,4,13-15H2,1-3H3,(H,24,27)/t16-/m1/s1. The molecule has 2 rings (SSSR count). The van der Waals surface area contributed by atoms with Gasteiger partial charge in [-0.1, -0.05) is 30.7 Å². The molecule has 0 unspecified atom stereocenters. The smallest absolute Gasteiger partial charge is 0.261 e. The summed E-state index contributed by atoms with van der Waals surface area (Å²) in [5, 5.41) is 3.45. The number of nitrogens with one attached hydrogen (secondary N) is 1. The van der Waals surface area contributed by atoms with Gasteiger partial charge in [-0.2, -0.15) is 0 Å². The summed E-state index contributed by atoms with van der Waals surface area (Å²) in [7, 11) is 1.58. The lowest BCUT2D eigenvalue weighted by molar-refractivity contribution is -0.142. The van der Waals surface area contributed by atoms with Gasteiger partial charge in [0.05, 0.1) is 7.11 Å². The number of hydrogen-bond donors (Lipinski definition) is 1. The summed E-state index contributed by atoms with van der Waals surface area (Å²) in [5.74, 6) is 0.775. The summed E-state index contributed by atoms with van der Waals surface area (Å²) in [6.45, 7) is 4.36. The van der Waals surface area contributed by atoms with E-state index in [1.54, 1.807) is 50.4 Å². The van der Waals surface area contributed by atoms with Gasteiger partial charge in [-0.3, -0.25) is 9.59 Å². The molecule has 0 aliphatic rings. The molecule has 0 saturated carbocycles. The highest BCUT2D eigenvalue weighted by Crippen LogP contribution is 2.18. The van der Waals surface area contributed by atoms with Crippen LogP contribution in [0.3, 0.4) is 0 Å². The Morgan fingerprint density at radius 2 is 1.69 bits per heavy atom. The average Bonchev–Trinajstić information content (AvgIpc) is 2.75. The van der Waals surface area contributed by atoms with Crippen molar-refractivity contribution < 1.29 is 19.1 Å². The SMILES string of the molecule is CCCNC(=O)[C@@H](C)N(Cc1ccc(Cl)cc1)C(=O)COc1ccc(OC)cc1. The fraction of sp³-hybridized carbons (Fsp3) is 0.364. The van der Waals surface area contributed by atoms with Crippen LogP contribution in [-0.4, -0.2) is 43.0 Å². The van der Waals surface area contributed by atoms with Crippen LogP contribution in [0, 0.1) is 0 Å². The van der Waals surface area contributed by atoms with Crippen molar-refractivity contribution in [3.8, 4) is 11.5 Å². The first-order valence-corrected chi connectivity index (χ1v) is 9.90. The number of hydrogen-bond acceptors (Lipinski definition) is 4. The lowest BCUT2D eigenvalue weighted by Crippen LogP contribution is -2.49. The molecular formula is C22H27ClN2O4. The number of carbonyl (C=O) groups excluding carboxylic acids is 2. The summed E-state index contributed by atoms with van der Waals surface area (Å²) >= 11 is 5.95. The highest BCUT2D eigenvalue weighted by Gasteiger charge is 2.26. The molecule has 0 saturated heterocycles. The summed E-state index contributed by atoms with van der Waals surface area (Å²) in [5.41, 5.74) is 0.877. The Morgan fingerprint density at radius 1 is 1.07 bits per heavy atom. The zero-order chi connectivity index (χ0) is 21.2. The van der Waals surface area contributed by atoms with Gasteiger partial charge in [0.15, 0.2) is 6.61 Å². The van der Waals surface area contributed by atoms with Crippen molar-refractivity contribution >= 4 is 23.4 Å². The van der Waals surface area contributed by atoms with Crippen molar-refractivity contribution in [3.05, 3.63) is 59.1 Å². The van der Waals surface area contributed by atoms with E-state index >= 15 is 0 Å². The molecule has 1 atom stereocenters. The Morgan fingerprint density at radius 3 is 2.28 bits per heavy atom. The van der Waals surface area contributed by atoms with E-state index in [9.17, 15) is 9.59 Å². The molecule has 0 heterocycles. The molecule has 0 radical (unpaired) electrons. The second-order valence-corrected chi connectivity index (χ2v) is 7.02. The van der Waals surface area contributed by atoms with Crippen LogP contribution in [0.15, 0.2) is 48.5 Å². The van der Waals surface area contributed by atoms with Gasteiger partial charge in [0.2, 0.25) is 5.91 Å². The van der Waals surface area contributed by atoms with E-state index in [4.69, 9.17) is 21.1 Å². The van der Waals surface area contributed by atoms with Gasteiger partial charge >= 0.3 is 0 Å². The third-order valence-corrected chi connectivity index (χ3v) is 4.66. The normalized spacial score (nSPS) is 11.4. The fourth-order valence-corrected chi connectivity index (χ4v) is 2.79. The number of carbonyl (C=O) groups is 2. The van der Waals surface area contributed by atoms with Gasteiger partial charge in [-0.15, -0.1) is 0 Å². The molecule has 1 N–H and O–H groups in total. The number of halogens is 1. The van der Waals surface area contributed by atoms with E-state index < -0.39 is 6.04 Å². The van der Waals surface area contributed by atoms with E-state index in [0.29, 0.717) is 23.1 Å². The van der Waals surface area contributed by atoms with Crippen molar-refractivity contribution in [1.82, 2.24) is 10.2 Å². The highest BCUT2D eigenvalue weighted by molar-refractivity contribution is 6.30. The molecular weight excluding hydrogens is 392 g/mol. The first kappa shape index (κ1) is 22.6. The number of rotatable bonds is 10. The maximum atomic E-state index is 12.9. The van der Waals surface area contributed by atoms with Gasteiger partial charge in [-0.05, 0) is 55.3 Å². The first-order chi connectivity index (χ1) is 13.9. The maximum Gasteiger partial charge on any atom is 0.261 e. The number of amides is 2. The molecule has 6 nitrogen and oxygen atoms in total. The number of ether oxygens (including phenoxy) is 2. The molecule has 0 aliphatic heterocycles. The van der Waals surface area contributed by atoms with Crippen LogP contribution in [0.4, 0.5) is 0 Å². The number of benzene rings is 2. The molecule has 156 valence electrons. The molecule has 2 amide bonds. The largest absolute Gasteiger partial charge is 0.497 e. The second kappa shape index (κ2) is 11.3. The molecule has 0 aromatic heterocycles. The molecule has 0 aliphatic carbocycles. The van der Waals surface area contributed by atoms with Gasteiger partial charge in [-0.25, -0.2) is 0 Å². The highest BCUT2D eigenvalue weighted by atomic mass is 35.5. The zero-order valence-electron chi connectivity index (χ0n) is 17.0. The second-order valence-electron chi connectivity index (χ2n) is 6.58. The van der Waals surface area contributed by atoms with E-state index in [-0.39, 0.29) is 25.0 Å². The van der Waals surface area contributed by atoms with Gasteiger partial charge in [0, 0.05) is 18.1 Å². The van der Waals surface area contributed by atoms with E-state index in [0.717, 1.165) is 12.0 Å². The Bertz CT molecular complexity index is 793. The monoisotopic (exact) mass is 418 g/mol. The van der Waals surface area contributed by atoms with Crippen molar-refractivity contribution in [2.75, 3.05) is 20.3 Å². The molecule has 0 fully saturated rings. The summed E-state index contributed by atoms with van der Waals surface area (Å²) in [4.78, 5) is 26.9. The molecule has 2 aromatic rings. The summed E-state index contributed by atoms with van der Waals surface area (Å²) in [6.07, 6.45) is 0.824. The Labute approximate surface area is 176 Å². The summed E-state index contributed by atoms with van der Waals surface area (Å²) in [6, 6.07) is 13.5. The van der Waals surface area contributed by atoms with Crippen molar-refractivity contribution in [1.29, 1.82) is 0 Å². The molecule has 2 aromatic carbocycles. The Balaban J connectivity index is 2.09. The summed E-state index contributed by atoms with van der Waals surface area (Å²) < 4.78 is 10.7. The van der Waals surface area contributed by atoms with Crippen LogP contribution in [0.25, 0.3) is 0 Å². The van der Waals surface area contributed by atoms with E-state index in [1.165, 1.54) is 4.90 Å². The molecule has 0 bridgehead atoms. The number of methoxy groups -OCH3 is 1. The van der Waals surface area contributed by atoms with Crippen molar-refractivity contribution in [3.63, 3.8) is 0 Å². The van der Waals surface area contributed by atoms with Crippen LogP contribution in [0.1, 0.15) is 25.8 Å². The molecule has 29 heavy (non-hydrogen) atoms. The number of nitrogens with zero attached hydrogens (tertiary/aromatic N) is 1. The molecule has 7 heteroatoms. The van der Waals surface area contributed by atoms with Crippen molar-refractivity contribution in [2.24, 2.45) is 0 Å². The van der Waals surface area contributed by atoms with Crippen molar-refractivity contribution in [2.45, 2.75) is 32.9 Å². The zero-order valence-corrected chi connectivity index (χ0v) is 17.7. The lowest BCUT2D eigenvalue weighted by Gasteiger charge is -2.28. The quantitative estimate of drug-likeness (QED) is 0.639. The van der Waals surface area contributed by atoms with E-state index in [2.05, 4.69) is 5.32 Å². The Kier molecular flexibility index (Phi) is 8.80. The van der Waals surface area contributed by atoms with Crippen LogP contribution in [-0.2, 0) is 16.1 Å². The molecule has 0 spiro atoms. The minimum atomic E-state index is -0.635.